The van der Waals surface area contributed by atoms with E-state index in [4.69, 9.17) is 4.74 Å². The van der Waals surface area contributed by atoms with Crippen molar-refractivity contribution in [1.29, 1.82) is 0 Å². The summed E-state index contributed by atoms with van der Waals surface area (Å²) in [7, 11) is 1.62. The molecule has 0 aromatic heterocycles. The number of amides is 1. The van der Waals surface area contributed by atoms with Gasteiger partial charge in [0.25, 0.3) is 0 Å². The minimum Gasteiger partial charge on any atom is -0.504 e. The van der Waals surface area contributed by atoms with Gasteiger partial charge in [0.2, 0.25) is 5.91 Å². The third kappa shape index (κ3) is 3.72. The molecule has 2 saturated carbocycles. The molecule has 41 heavy (non-hydrogen) atoms. The maximum atomic E-state index is 13.9. The fourth-order valence-electron chi connectivity index (χ4n) is 7.96. The van der Waals surface area contributed by atoms with Gasteiger partial charge in [-0.05, 0) is 73.9 Å². The number of aromatic hydroxyl groups is 1. The lowest BCUT2D eigenvalue weighted by Gasteiger charge is -2.63. The molecule has 7 rings (SSSR count). The molecule has 2 bridgehead atoms. The molecule has 3 fully saturated rings. The van der Waals surface area contributed by atoms with Crippen molar-refractivity contribution in [2.24, 2.45) is 5.92 Å². The van der Waals surface area contributed by atoms with E-state index >= 15 is 0 Å². The first-order valence-corrected chi connectivity index (χ1v) is 14.1. The number of hydrogen-bond acceptors (Lipinski definition) is 6. The van der Waals surface area contributed by atoms with E-state index in [2.05, 4.69) is 4.90 Å². The average molecular weight is 569 g/mol. The van der Waals surface area contributed by atoms with Gasteiger partial charge in [0, 0.05) is 37.3 Å². The Hall–Kier alpha value is -3.37. The number of hydrogen-bond donors (Lipinski definition) is 2. The summed E-state index contributed by atoms with van der Waals surface area (Å²) in [6.45, 7) is 1.34. The Morgan fingerprint density at radius 2 is 1.98 bits per heavy atom. The predicted molar refractivity (Wildman–Crippen MR) is 142 cm³/mol. The van der Waals surface area contributed by atoms with Crippen molar-refractivity contribution in [3.63, 3.8) is 0 Å². The summed E-state index contributed by atoms with van der Waals surface area (Å²) < 4.78 is 45.8. The lowest BCUT2D eigenvalue weighted by Crippen LogP contribution is -2.79. The Labute approximate surface area is 235 Å². The molecule has 1 spiro atoms. The Balaban J connectivity index is 1.23. The number of nitrogens with zero attached hydrogens (tertiary/aromatic N) is 2. The van der Waals surface area contributed by atoms with Gasteiger partial charge >= 0.3 is 6.18 Å². The van der Waals surface area contributed by atoms with Crippen LogP contribution in [0.1, 0.15) is 59.2 Å². The van der Waals surface area contributed by atoms with Gasteiger partial charge in [0.05, 0.1) is 17.0 Å². The number of ketones is 1. The van der Waals surface area contributed by atoms with Gasteiger partial charge in [-0.2, -0.15) is 13.2 Å². The number of likely N-dealkylation sites (tertiary alicyclic amines) is 1. The van der Waals surface area contributed by atoms with Crippen molar-refractivity contribution in [2.75, 3.05) is 20.1 Å². The molecule has 5 aliphatic rings. The summed E-state index contributed by atoms with van der Waals surface area (Å²) in [6.07, 6.45) is 0.747. The highest BCUT2D eigenvalue weighted by Gasteiger charge is 2.75. The maximum absolute atomic E-state index is 13.9. The maximum Gasteiger partial charge on any atom is 0.416 e. The SMILES string of the molecule is CN(C(=O)/C=C/c1cccc(C(F)(F)F)c1)C1CC[C@@]2(O)[C@H]3C(=O)c4ccc(O)c5c4[C@@]2(CCN3CC2CC2)C1O5. The number of Topliss-reactive ketones (excluding diaryl/α,β-unsaturated/α-hetero) is 1. The molecule has 10 heteroatoms. The molecule has 3 aliphatic carbocycles. The van der Waals surface area contributed by atoms with Gasteiger partial charge in [-0.25, -0.2) is 0 Å². The first kappa shape index (κ1) is 26.5. The first-order chi connectivity index (χ1) is 19.5. The lowest BCUT2D eigenvalue weighted by molar-refractivity contribution is -0.187. The van der Waals surface area contributed by atoms with Gasteiger partial charge < -0.3 is 19.8 Å². The highest BCUT2D eigenvalue weighted by Crippen LogP contribution is 2.66. The Bertz CT molecular complexity index is 1490. The fourth-order valence-corrected chi connectivity index (χ4v) is 7.96. The molecule has 2 aliphatic heterocycles. The summed E-state index contributed by atoms with van der Waals surface area (Å²) in [5, 5.41) is 23.3. The van der Waals surface area contributed by atoms with Crippen LogP contribution in [0.5, 0.6) is 11.5 Å². The second-order valence-corrected chi connectivity index (χ2v) is 12.2. The van der Waals surface area contributed by atoms with E-state index in [0.29, 0.717) is 36.4 Å². The van der Waals surface area contributed by atoms with Crippen LogP contribution in [0.15, 0.2) is 42.5 Å². The molecule has 216 valence electrons. The standard InChI is InChI=1S/C31H31F3N2O5/c1-35(23(38)10-7-17-3-2-4-19(15-17)31(32,33)34)21-11-12-30(40)27-25(39)20-8-9-22(37)26-24(20)29(30,28(21)41-26)13-14-36(27)16-18-5-6-18/h2-4,7-10,15,18,21,27-28,37,40H,5-6,11-14,16H2,1H3/b10-7+/t21?,27-,28?,29+,30-/m1/s1. The zero-order valence-corrected chi connectivity index (χ0v) is 22.5. The van der Waals surface area contributed by atoms with Crippen LogP contribution in [0.2, 0.25) is 0 Å². The summed E-state index contributed by atoms with van der Waals surface area (Å²) >= 11 is 0. The molecule has 2 aromatic carbocycles. The van der Waals surface area contributed by atoms with Crippen LogP contribution >= 0.6 is 0 Å². The largest absolute Gasteiger partial charge is 0.504 e. The number of halogens is 3. The van der Waals surface area contributed by atoms with Crippen LogP contribution in [-0.2, 0) is 16.4 Å². The number of piperidine rings is 1. The van der Waals surface area contributed by atoms with Crippen LogP contribution in [0.4, 0.5) is 13.2 Å². The minimum atomic E-state index is -4.49. The van der Waals surface area contributed by atoms with E-state index in [1.54, 1.807) is 13.1 Å². The molecule has 1 amide bonds. The molecular formula is C31H31F3N2O5. The van der Waals surface area contributed by atoms with E-state index in [1.807, 2.05) is 0 Å². The molecule has 5 atom stereocenters. The number of carbonyl (C=O) groups is 2. The smallest absolute Gasteiger partial charge is 0.416 e. The third-order valence-electron chi connectivity index (χ3n) is 10.0. The zero-order chi connectivity index (χ0) is 28.9. The number of carbonyl (C=O) groups excluding carboxylic acids is 2. The van der Waals surface area contributed by atoms with Gasteiger partial charge in [0.1, 0.15) is 17.7 Å². The van der Waals surface area contributed by atoms with Crippen molar-refractivity contribution in [3.05, 3.63) is 64.7 Å². The normalized spacial score (nSPS) is 32.1. The Morgan fingerprint density at radius 3 is 2.71 bits per heavy atom. The number of rotatable bonds is 5. The summed E-state index contributed by atoms with van der Waals surface area (Å²) in [5.41, 5.74) is -1.97. The van der Waals surface area contributed by atoms with E-state index in [9.17, 15) is 33.0 Å². The summed E-state index contributed by atoms with van der Waals surface area (Å²) in [4.78, 5) is 30.9. The second-order valence-electron chi connectivity index (χ2n) is 12.2. The van der Waals surface area contributed by atoms with Gasteiger partial charge in [-0.3, -0.25) is 14.5 Å². The van der Waals surface area contributed by atoms with Crippen molar-refractivity contribution >= 4 is 17.8 Å². The highest BCUT2D eigenvalue weighted by atomic mass is 19.4. The fraction of sp³-hybridized carbons (Fsp3) is 0.484. The molecule has 0 radical (unpaired) electrons. The third-order valence-corrected chi connectivity index (χ3v) is 10.0. The van der Waals surface area contributed by atoms with Crippen LogP contribution < -0.4 is 4.74 Å². The molecule has 2 aromatic rings. The molecule has 2 N–H and O–H groups in total. The Morgan fingerprint density at radius 1 is 1.20 bits per heavy atom. The number of benzene rings is 2. The van der Waals surface area contributed by atoms with Crippen molar-refractivity contribution < 1.29 is 37.7 Å². The first-order valence-electron chi connectivity index (χ1n) is 14.1. The van der Waals surface area contributed by atoms with E-state index in [-0.39, 0.29) is 29.3 Å². The lowest BCUT2D eigenvalue weighted by atomic mass is 9.48. The number of likely N-dealkylation sites (N-methyl/N-ethyl adjacent to an activating group) is 1. The van der Waals surface area contributed by atoms with E-state index in [0.717, 1.165) is 31.5 Å². The quantitative estimate of drug-likeness (QED) is 0.527. The van der Waals surface area contributed by atoms with Gasteiger partial charge in [-0.1, -0.05) is 12.1 Å². The van der Waals surface area contributed by atoms with E-state index in [1.165, 1.54) is 35.3 Å². The van der Waals surface area contributed by atoms with Crippen molar-refractivity contribution in [3.8, 4) is 11.5 Å². The zero-order valence-electron chi connectivity index (χ0n) is 22.5. The van der Waals surface area contributed by atoms with Gasteiger partial charge in [0.15, 0.2) is 17.3 Å². The summed E-state index contributed by atoms with van der Waals surface area (Å²) in [5.74, 6) is 0.0274. The van der Waals surface area contributed by atoms with Crippen LogP contribution in [0, 0.1) is 5.92 Å². The van der Waals surface area contributed by atoms with Crippen molar-refractivity contribution in [2.45, 2.75) is 67.5 Å². The summed E-state index contributed by atoms with van der Waals surface area (Å²) in [6, 6.07) is 6.59. The number of ether oxygens (including phenoxy) is 1. The number of aliphatic hydroxyl groups is 1. The van der Waals surface area contributed by atoms with Gasteiger partial charge in [-0.15, -0.1) is 0 Å². The average Bonchev–Trinajstić information content (AvgIpc) is 3.68. The monoisotopic (exact) mass is 568 g/mol. The van der Waals surface area contributed by atoms with Crippen LogP contribution in [-0.4, -0.2) is 75.6 Å². The molecule has 2 heterocycles. The number of phenols is 1. The predicted octanol–water partition coefficient (Wildman–Crippen LogP) is 4.16. The molecule has 2 unspecified atom stereocenters. The van der Waals surface area contributed by atoms with Crippen molar-refractivity contribution in [1.82, 2.24) is 9.80 Å². The van der Waals surface area contributed by atoms with Crippen LogP contribution in [0.3, 0.4) is 0 Å². The molecule has 7 nitrogen and oxygen atoms in total. The molecular weight excluding hydrogens is 537 g/mol. The van der Waals surface area contributed by atoms with E-state index < -0.39 is 46.9 Å². The molecule has 1 saturated heterocycles. The van der Waals surface area contributed by atoms with Crippen LogP contribution in [0.25, 0.3) is 6.08 Å². The topological polar surface area (TPSA) is 90.3 Å². The number of phenolic OH excluding ortho intramolecular Hbond substituents is 1. The minimum absolute atomic E-state index is 0.112. The Kier molecular flexibility index (Phi) is 5.70. The highest BCUT2D eigenvalue weighted by molar-refractivity contribution is 6.06. The number of alkyl halides is 3. The second kappa shape index (κ2) is 8.82.